The van der Waals surface area contributed by atoms with E-state index >= 15 is 0 Å². The van der Waals surface area contributed by atoms with Gasteiger partial charge in [0, 0.05) is 13.2 Å². The molecule has 3 rings (SSSR count). The van der Waals surface area contributed by atoms with Gasteiger partial charge in [-0.2, -0.15) is 0 Å². The van der Waals surface area contributed by atoms with E-state index in [-0.39, 0.29) is 6.10 Å². The van der Waals surface area contributed by atoms with Gasteiger partial charge in [0.2, 0.25) is 0 Å². The molecule has 1 aliphatic rings. The van der Waals surface area contributed by atoms with Crippen molar-refractivity contribution < 1.29 is 4.74 Å². The van der Waals surface area contributed by atoms with Crippen molar-refractivity contribution in [1.82, 2.24) is 10.7 Å². The first-order valence-corrected chi connectivity index (χ1v) is 8.30. The molecular weight excluding hydrogens is 306 g/mol. The number of para-hydroxylation sites is 2. The number of hydrogen-bond acceptors (Lipinski definition) is 3. The zero-order chi connectivity index (χ0) is 15.9. The van der Waals surface area contributed by atoms with Gasteiger partial charge in [-0.05, 0) is 49.3 Å². The van der Waals surface area contributed by atoms with Crippen molar-refractivity contribution in [3.8, 4) is 0 Å². The summed E-state index contributed by atoms with van der Waals surface area (Å²) in [5.74, 6) is 0. The summed E-state index contributed by atoms with van der Waals surface area (Å²) >= 11 is 5.45. The third-order valence-corrected chi connectivity index (χ3v) is 3.99. The summed E-state index contributed by atoms with van der Waals surface area (Å²) in [6.45, 7) is 1.59. The van der Waals surface area contributed by atoms with Gasteiger partial charge in [0.1, 0.15) is 0 Å². The molecule has 23 heavy (non-hydrogen) atoms. The quantitative estimate of drug-likeness (QED) is 0.650. The number of nitrogens with zero attached hydrogens (tertiary/aromatic N) is 1. The number of anilines is 2. The number of nitrogens with one attached hydrogen (secondary N) is 2. The summed E-state index contributed by atoms with van der Waals surface area (Å²) in [7, 11) is 0. The van der Waals surface area contributed by atoms with Gasteiger partial charge < -0.3 is 10.1 Å². The third kappa shape index (κ3) is 4.43. The Bertz CT molecular complexity index is 575. The highest BCUT2D eigenvalue weighted by Gasteiger charge is 2.16. The van der Waals surface area contributed by atoms with Crippen LogP contribution < -0.4 is 15.8 Å². The fourth-order valence-corrected chi connectivity index (χ4v) is 2.76. The predicted molar refractivity (Wildman–Crippen MR) is 97.7 cm³/mol. The summed E-state index contributed by atoms with van der Waals surface area (Å²) in [5.41, 5.74) is 5.33. The molecule has 0 spiro atoms. The van der Waals surface area contributed by atoms with Gasteiger partial charge >= 0.3 is 0 Å². The molecule has 0 radical (unpaired) electrons. The lowest BCUT2D eigenvalue weighted by molar-refractivity contribution is 0.114. The van der Waals surface area contributed by atoms with Crippen LogP contribution >= 0.6 is 12.2 Å². The lowest BCUT2D eigenvalue weighted by Gasteiger charge is -2.27. The van der Waals surface area contributed by atoms with Crippen LogP contribution in [-0.2, 0) is 4.74 Å². The van der Waals surface area contributed by atoms with E-state index in [4.69, 9.17) is 17.0 Å². The summed E-state index contributed by atoms with van der Waals surface area (Å²) in [5, 5.41) is 5.82. The van der Waals surface area contributed by atoms with Crippen molar-refractivity contribution in [2.75, 3.05) is 18.2 Å². The maximum atomic E-state index is 5.61. The van der Waals surface area contributed by atoms with Crippen molar-refractivity contribution in [1.29, 1.82) is 0 Å². The molecule has 0 bridgehead atoms. The molecule has 1 aliphatic heterocycles. The molecule has 0 unspecified atom stereocenters. The Morgan fingerprint density at radius 2 is 1.65 bits per heavy atom. The molecule has 0 saturated carbocycles. The second-order valence-corrected chi connectivity index (χ2v) is 5.87. The smallest absolute Gasteiger partial charge is 0.185 e. The predicted octanol–water partition coefficient (Wildman–Crippen LogP) is 3.38. The molecule has 0 aromatic heterocycles. The van der Waals surface area contributed by atoms with Crippen molar-refractivity contribution in [2.24, 2.45) is 0 Å². The zero-order valence-corrected chi connectivity index (χ0v) is 13.8. The molecule has 4 nitrogen and oxygen atoms in total. The Kier molecular flexibility index (Phi) is 5.45. The first kappa shape index (κ1) is 15.8. The molecule has 5 heteroatoms. The summed E-state index contributed by atoms with van der Waals surface area (Å²) < 4.78 is 5.61. The molecule has 0 amide bonds. The lowest BCUT2D eigenvalue weighted by atomic mass is 10.2. The van der Waals surface area contributed by atoms with Crippen LogP contribution in [0.3, 0.4) is 0 Å². The van der Waals surface area contributed by atoms with Gasteiger partial charge in [-0.15, -0.1) is 0 Å². The van der Waals surface area contributed by atoms with E-state index in [0.29, 0.717) is 5.11 Å². The van der Waals surface area contributed by atoms with E-state index < -0.39 is 0 Å². The minimum absolute atomic E-state index is 0.261. The molecule has 2 aromatic carbocycles. The molecule has 0 aliphatic carbocycles. The van der Waals surface area contributed by atoms with Crippen LogP contribution in [0.25, 0.3) is 0 Å². The van der Waals surface area contributed by atoms with Gasteiger partial charge in [0.05, 0.1) is 17.5 Å². The summed E-state index contributed by atoms with van der Waals surface area (Å²) in [4.78, 5) is 0. The standard InChI is InChI=1S/C18H21N3OS/c23-18(19-14-17-12-7-13-22-17)20-21(15-8-3-1-4-9-15)16-10-5-2-6-11-16/h1-6,8-11,17H,7,12-14H2,(H2,19,20,23)/t17-/m1/s1. The van der Waals surface area contributed by atoms with Crippen LogP contribution in [0.5, 0.6) is 0 Å². The Morgan fingerprint density at radius 1 is 1.04 bits per heavy atom. The van der Waals surface area contributed by atoms with E-state index in [2.05, 4.69) is 10.7 Å². The molecule has 2 aromatic rings. The SMILES string of the molecule is S=C(NC[C@H]1CCCO1)NN(c1ccccc1)c1ccccc1. The van der Waals surface area contributed by atoms with Gasteiger partial charge in [0.25, 0.3) is 0 Å². The fourth-order valence-electron chi connectivity index (χ4n) is 2.59. The highest BCUT2D eigenvalue weighted by molar-refractivity contribution is 7.80. The molecule has 1 saturated heterocycles. The molecule has 120 valence electrons. The monoisotopic (exact) mass is 327 g/mol. The normalized spacial score (nSPS) is 16.8. The van der Waals surface area contributed by atoms with Crippen LogP contribution in [0.2, 0.25) is 0 Å². The maximum absolute atomic E-state index is 5.61. The van der Waals surface area contributed by atoms with Gasteiger partial charge in [0.15, 0.2) is 5.11 Å². The molecular formula is C18H21N3OS. The molecule has 1 atom stereocenters. The zero-order valence-electron chi connectivity index (χ0n) is 12.9. The fraction of sp³-hybridized carbons (Fsp3) is 0.278. The first-order chi connectivity index (χ1) is 11.3. The second-order valence-electron chi connectivity index (χ2n) is 5.46. The van der Waals surface area contributed by atoms with E-state index in [0.717, 1.165) is 37.4 Å². The minimum Gasteiger partial charge on any atom is -0.376 e. The number of benzene rings is 2. The van der Waals surface area contributed by atoms with Gasteiger partial charge in [-0.1, -0.05) is 36.4 Å². The summed E-state index contributed by atoms with van der Waals surface area (Å²) in [6, 6.07) is 20.2. The van der Waals surface area contributed by atoms with Crippen molar-refractivity contribution >= 4 is 28.7 Å². The minimum atomic E-state index is 0.261. The average molecular weight is 327 g/mol. The molecule has 2 N–H and O–H groups in total. The van der Waals surface area contributed by atoms with E-state index in [9.17, 15) is 0 Å². The third-order valence-electron chi connectivity index (χ3n) is 3.76. The molecule has 1 heterocycles. The molecule has 1 fully saturated rings. The van der Waals surface area contributed by atoms with Crippen LogP contribution in [0.15, 0.2) is 60.7 Å². The van der Waals surface area contributed by atoms with Crippen LogP contribution in [0, 0.1) is 0 Å². The number of hydrogen-bond donors (Lipinski definition) is 2. The lowest BCUT2D eigenvalue weighted by Crippen LogP contribution is -2.46. The van der Waals surface area contributed by atoms with Crippen molar-refractivity contribution in [3.63, 3.8) is 0 Å². The Labute approximate surface area is 142 Å². The van der Waals surface area contributed by atoms with Crippen molar-refractivity contribution in [2.45, 2.75) is 18.9 Å². The highest BCUT2D eigenvalue weighted by atomic mass is 32.1. The van der Waals surface area contributed by atoms with Gasteiger partial charge in [-0.25, -0.2) is 0 Å². The topological polar surface area (TPSA) is 36.5 Å². The van der Waals surface area contributed by atoms with Crippen molar-refractivity contribution in [3.05, 3.63) is 60.7 Å². The number of hydrazine groups is 1. The van der Waals surface area contributed by atoms with E-state index in [1.54, 1.807) is 0 Å². The maximum Gasteiger partial charge on any atom is 0.185 e. The van der Waals surface area contributed by atoms with Crippen LogP contribution in [-0.4, -0.2) is 24.4 Å². The Morgan fingerprint density at radius 3 is 2.17 bits per heavy atom. The number of ether oxygens (including phenoxy) is 1. The highest BCUT2D eigenvalue weighted by Crippen LogP contribution is 2.22. The Hall–Kier alpha value is -2.11. The van der Waals surface area contributed by atoms with Crippen LogP contribution in [0.1, 0.15) is 12.8 Å². The first-order valence-electron chi connectivity index (χ1n) is 7.89. The largest absolute Gasteiger partial charge is 0.376 e. The number of thiocarbonyl (C=S) groups is 1. The average Bonchev–Trinajstić information content (AvgIpc) is 3.13. The number of rotatable bonds is 5. The Balaban J connectivity index is 1.67. The van der Waals surface area contributed by atoms with Crippen LogP contribution in [0.4, 0.5) is 11.4 Å². The van der Waals surface area contributed by atoms with E-state index in [1.165, 1.54) is 0 Å². The van der Waals surface area contributed by atoms with E-state index in [1.807, 2.05) is 65.7 Å². The van der Waals surface area contributed by atoms with Gasteiger partial charge in [-0.3, -0.25) is 10.4 Å². The summed E-state index contributed by atoms with van der Waals surface area (Å²) in [6.07, 6.45) is 2.49. The second kappa shape index (κ2) is 7.94.